The first-order chi connectivity index (χ1) is 9.11. The summed E-state index contributed by atoms with van der Waals surface area (Å²) >= 11 is 5.79. The van der Waals surface area contributed by atoms with Crippen molar-refractivity contribution in [1.29, 1.82) is 0 Å². The third kappa shape index (κ3) is 2.08. The molecule has 0 radical (unpaired) electrons. The number of H-pyrrole nitrogens is 1. The van der Waals surface area contributed by atoms with Gasteiger partial charge in [0.1, 0.15) is 0 Å². The van der Waals surface area contributed by atoms with Crippen molar-refractivity contribution in [3.8, 4) is 0 Å². The zero-order valence-corrected chi connectivity index (χ0v) is 11.0. The van der Waals surface area contributed by atoms with Crippen LogP contribution in [0.2, 0.25) is 5.28 Å². The molecule has 0 spiro atoms. The van der Waals surface area contributed by atoms with E-state index in [4.69, 9.17) is 17.3 Å². The van der Waals surface area contributed by atoms with Crippen molar-refractivity contribution in [3.63, 3.8) is 0 Å². The second-order valence-corrected chi connectivity index (χ2v) is 5.17. The van der Waals surface area contributed by atoms with E-state index in [9.17, 15) is 9.59 Å². The topological polar surface area (TPSA) is 98.7 Å². The highest BCUT2D eigenvalue weighted by atomic mass is 35.5. The zero-order chi connectivity index (χ0) is 13.6. The van der Waals surface area contributed by atoms with E-state index < -0.39 is 11.2 Å². The standard InChI is InChI=1S/C11H14ClN5O2/c12-10-14-7-8(15-10)16(4-3-6-1-2-6)11(19)17(5-13)9(7)18/h6H,1-5,13H2,(H,14,15). The number of imidazole rings is 1. The number of aryl methyl sites for hydroxylation is 1. The van der Waals surface area contributed by atoms with E-state index in [-0.39, 0.29) is 17.5 Å². The van der Waals surface area contributed by atoms with Crippen molar-refractivity contribution in [2.75, 3.05) is 0 Å². The van der Waals surface area contributed by atoms with Gasteiger partial charge in [0.2, 0.25) is 5.28 Å². The minimum absolute atomic E-state index is 0.0986. The third-order valence-corrected chi connectivity index (χ3v) is 3.65. The highest BCUT2D eigenvalue weighted by Gasteiger charge is 2.23. The Morgan fingerprint density at radius 1 is 1.37 bits per heavy atom. The molecule has 1 saturated carbocycles. The maximum absolute atomic E-state index is 12.2. The predicted octanol–water partition coefficient (Wildman–Crippen LogP) is 0.256. The van der Waals surface area contributed by atoms with Crippen LogP contribution in [0.4, 0.5) is 0 Å². The zero-order valence-electron chi connectivity index (χ0n) is 10.2. The van der Waals surface area contributed by atoms with Gasteiger partial charge in [-0.1, -0.05) is 12.8 Å². The average Bonchev–Trinajstić information content (AvgIpc) is 3.11. The lowest BCUT2D eigenvalue weighted by Gasteiger charge is -2.09. The molecule has 1 aliphatic rings. The Labute approximate surface area is 113 Å². The van der Waals surface area contributed by atoms with Crippen LogP contribution in [0.15, 0.2) is 9.59 Å². The molecule has 0 saturated heterocycles. The lowest BCUT2D eigenvalue weighted by atomic mass is 10.3. The Morgan fingerprint density at radius 3 is 2.74 bits per heavy atom. The monoisotopic (exact) mass is 283 g/mol. The Kier molecular flexibility index (Phi) is 2.94. The van der Waals surface area contributed by atoms with Crippen molar-refractivity contribution in [2.45, 2.75) is 32.5 Å². The number of nitrogens with two attached hydrogens (primary N) is 1. The fourth-order valence-corrected chi connectivity index (χ4v) is 2.39. The van der Waals surface area contributed by atoms with Gasteiger partial charge in [0.25, 0.3) is 5.56 Å². The summed E-state index contributed by atoms with van der Waals surface area (Å²) in [5.41, 5.74) is 5.10. The lowest BCUT2D eigenvalue weighted by molar-refractivity contribution is 0.539. The minimum Gasteiger partial charge on any atom is -0.323 e. The first-order valence-electron chi connectivity index (χ1n) is 6.20. The molecule has 8 heteroatoms. The Hall–Kier alpha value is -1.60. The smallest absolute Gasteiger partial charge is 0.323 e. The van der Waals surface area contributed by atoms with E-state index in [1.54, 1.807) is 0 Å². The normalized spacial score (nSPS) is 15.3. The van der Waals surface area contributed by atoms with Gasteiger partial charge >= 0.3 is 5.69 Å². The molecule has 7 nitrogen and oxygen atoms in total. The first kappa shape index (κ1) is 12.4. The second-order valence-electron chi connectivity index (χ2n) is 4.81. The summed E-state index contributed by atoms with van der Waals surface area (Å²) in [6, 6.07) is 0. The summed E-state index contributed by atoms with van der Waals surface area (Å²) < 4.78 is 2.47. The average molecular weight is 284 g/mol. The molecule has 102 valence electrons. The van der Waals surface area contributed by atoms with Crippen molar-refractivity contribution in [2.24, 2.45) is 11.7 Å². The van der Waals surface area contributed by atoms with Crippen LogP contribution in [-0.2, 0) is 13.2 Å². The number of fused-ring (bicyclic) bond motifs is 1. The Morgan fingerprint density at radius 2 is 2.11 bits per heavy atom. The number of nitrogens with one attached hydrogen (secondary N) is 1. The maximum Gasteiger partial charge on any atom is 0.333 e. The van der Waals surface area contributed by atoms with Gasteiger partial charge in [-0.15, -0.1) is 0 Å². The van der Waals surface area contributed by atoms with E-state index in [1.165, 1.54) is 17.4 Å². The van der Waals surface area contributed by atoms with Crippen molar-refractivity contribution >= 4 is 22.8 Å². The number of aromatic amines is 1. The van der Waals surface area contributed by atoms with Crippen LogP contribution >= 0.6 is 11.6 Å². The second kappa shape index (κ2) is 4.50. The SMILES string of the molecule is NCn1c(=O)c2[nH]c(Cl)nc2n(CCC2CC2)c1=O. The fourth-order valence-electron chi connectivity index (χ4n) is 2.22. The van der Waals surface area contributed by atoms with E-state index in [0.29, 0.717) is 18.1 Å². The van der Waals surface area contributed by atoms with Crippen molar-refractivity contribution in [1.82, 2.24) is 19.1 Å². The van der Waals surface area contributed by atoms with E-state index in [1.807, 2.05) is 0 Å². The minimum atomic E-state index is -0.482. The van der Waals surface area contributed by atoms with Gasteiger partial charge < -0.3 is 10.7 Å². The van der Waals surface area contributed by atoms with Gasteiger partial charge in [-0.2, -0.15) is 4.98 Å². The van der Waals surface area contributed by atoms with Crippen LogP contribution in [-0.4, -0.2) is 19.1 Å². The predicted molar refractivity (Wildman–Crippen MR) is 71.2 cm³/mol. The number of hydrogen-bond acceptors (Lipinski definition) is 4. The molecule has 1 aliphatic carbocycles. The van der Waals surface area contributed by atoms with Crippen LogP contribution in [0.5, 0.6) is 0 Å². The van der Waals surface area contributed by atoms with Crippen LogP contribution in [0.25, 0.3) is 11.2 Å². The van der Waals surface area contributed by atoms with E-state index >= 15 is 0 Å². The molecular weight excluding hydrogens is 270 g/mol. The van der Waals surface area contributed by atoms with Crippen molar-refractivity contribution in [3.05, 3.63) is 26.1 Å². The molecular formula is C11H14ClN5O2. The molecule has 0 atom stereocenters. The summed E-state index contributed by atoms with van der Waals surface area (Å²) in [5.74, 6) is 0.676. The summed E-state index contributed by atoms with van der Waals surface area (Å²) in [7, 11) is 0. The van der Waals surface area contributed by atoms with Gasteiger partial charge in [0.15, 0.2) is 11.2 Å². The van der Waals surface area contributed by atoms with Crippen LogP contribution in [0.1, 0.15) is 19.3 Å². The quantitative estimate of drug-likeness (QED) is 0.786. The summed E-state index contributed by atoms with van der Waals surface area (Å²) in [5, 5.41) is 0.0986. The molecule has 2 aromatic rings. The van der Waals surface area contributed by atoms with Crippen LogP contribution in [0.3, 0.4) is 0 Å². The lowest BCUT2D eigenvalue weighted by Crippen LogP contribution is -2.42. The highest BCUT2D eigenvalue weighted by Crippen LogP contribution is 2.32. The molecule has 0 bridgehead atoms. The first-order valence-corrected chi connectivity index (χ1v) is 6.58. The van der Waals surface area contributed by atoms with Gasteiger partial charge in [0.05, 0.1) is 6.67 Å². The number of nitrogens with zero attached hydrogens (tertiary/aromatic N) is 3. The number of hydrogen-bond donors (Lipinski definition) is 2. The largest absolute Gasteiger partial charge is 0.333 e. The van der Waals surface area contributed by atoms with E-state index in [2.05, 4.69) is 9.97 Å². The van der Waals surface area contributed by atoms with Crippen LogP contribution in [0, 0.1) is 5.92 Å². The number of rotatable bonds is 4. The molecule has 2 heterocycles. The third-order valence-electron chi connectivity index (χ3n) is 3.47. The highest BCUT2D eigenvalue weighted by molar-refractivity contribution is 6.28. The summed E-state index contributed by atoms with van der Waals surface area (Å²) in [6.45, 7) is 0.370. The molecule has 0 aromatic carbocycles. The van der Waals surface area contributed by atoms with Crippen LogP contribution < -0.4 is 17.0 Å². The Bertz CT molecular complexity index is 740. The molecule has 3 rings (SSSR count). The van der Waals surface area contributed by atoms with Gasteiger partial charge in [-0.05, 0) is 23.9 Å². The molecule has 3 N–H and O–H groups in total. The molecule has 19 heavy (non-hydrogen) atoms. The molecule has 0 amide bonds. The maximum atomic E-state index is 12.2. The molecule has 1 fully saturated rings. The Balaban J connectivity index is 2.21. The summed E-state index contributed by atoms with van der Waals surface area (Å²) in [4.78, 5) is 31.0. The van der Waals surface area contributed by atoms with Gasteiger partial charge in [0, 0.05) is 6.54 Å². The van der Waals surface area contributed by atoms with Crippen molar-refractivity contribution < 1.29 is 0 Å². The van der Waals surface area contributed by atoms with E-state index in [0.717, 1.165) is 11.0 Å². The molecule has 0 unspecified atom stereocenters. The van der Waals surface area contributed by atoms with Gasteiger partial charge in [-0.25, -0.2) is 9.36 Å². The summed E-state index contributed by atoms with van der Waals surface area (Å²) in [6.07, 6.45) is 3.31. The van der Waals surface area contributed by atoms with Gasteiger partial charge in [-0.3, -0.25) is 9.36 Å². The molecule has 0 aliphatic heterocycles. The molecule has 2 aromatic heterocycles. The number of halogens is 1. The fraction of sp³-hybridized carbons (Fsp3) is 0.545. The number of aromatic nitrogens is 4.